The molecule has 0 bridgehead atoms. The minimum absolute atomic E-state index is 0.0784. The highest BCUT2D eigenvalue weighted by atomic mass is 79.9. The number of nitrogens with zero attached hydrogens (tertiary/aromatic N) is 1. The third-order valence-electron chi connectivity index (χ3n) is 3.73. The molecule has 118 valence electrons. The summed E-state index contributed by atoms with van der Waals surface area (Å²) in [6.07, 6.45) is 4.24. The molecule has 2 N–H and O–H groups in total. The van der Waals surface area contributed by atoms with Gasteiger partial charge >= 0.3 is 0 Å². The van der Waals surface area contributed by atoms with E-state index in [1.165, 1.54) is 6.07 Å². The maximum absolute atomic E-state index is 13.8. The molecule has 2 rings (SSSR count). The van der Waals surface area contributed by atoms with Crippen molar-refractivity contribution in [1.82, 2.24) is 5.32 Å². The van der Waals surface area contributed by atoms with Crippen molar-refractivity contribution in [3.8, 4) is 6.07 Å². The summed E-state index contributed by atoms with van der Waals surface area (Å²) in [5.74, 6) is -0.887. The zero-order chi connectivity index (χ0) is 16.2. The Morgan fingerprint density at radius 1 is 1.41 bits per heavy atom. The first-order valence-corrected chi connectivity index (χ1v) is 8.23. The summed E-state index contributed by atoms with van der Waals surface area (Å²) in [5.41, 5.74) is -0.714. The highest BCUT2D eigenvalue weighted by molar-refractivity contribution is 9.10. The molecule has 0 heterocycles. The Kier molecular flexibility index (Phi) is 5.65. The maximum Gasteiger partial charge on any atom is 0.240 e. The van der Waals surface area contributed by atoms with Crippen LogP contribution in [0.1, 0.15) is 32.1 Å². The largest absolute Gasteiger partial charge is 0.373 e. The Morgan fingerprint density at radius 2 is 2.09 bits per heavy atom. The van der Waals surface area contributed by atoms with Crippen LogP contribution < -0.4 is 10.6 Å². The van der Waals surface area contributed by atoms with E-state index in [-0.39, 0.29) is 23.2 Å². The third-order valence-corrected chi connectivity index (χ3v) is 4.49. The van der Waals surface area contributed by atoms with Crippen molar-refractivity contribution in [2.45, 2.75) is 37.6 Å². The van der Waals surface area contributed by atoms with Crippen LogP contribution in [0.2, 0.25) is 5.02 Å². The highest BCUT2D eigenvalue weighted by Crippen LogP contribution is 2.29. The molecule has 0 saturated heterocycles. The van der Waals surface area contributed by atoms with Crippen LogP contribution in [0.3, 0.4) is 0 Å². The number of benzene rings is 1. The summed E-state index contributed by atoms with van der Waals surface area (Å²) in [6, 6.07) is 5.02. The molecule has 22 heavy (non-hydrogen) atoms. The van der Waals surface area contributed by atoms with Gasteiger partial charge in [-0.3, -0.25) is 4.79 Å². The Morgan fingerprint density at radius 3 is 2.68 bits per heavy atom. The van der Waals surface area contributed by atoms with Crippen molar-refractivity contribution < 1.29 is 9.18 Å². The predicted octanol–water partition coefficient (Wildman–Crippen LogP) is 4.00. The Balaban J connectivity index is 1.97. The fourth-order valence-electron chi connectivity index (χ4n) is 2.61. The van der Waals surface area contributed by atoms with Gasteiger partial charge in [0.1, 0.15) is 11.4 Å². The van der Waals surface area contributed by atoms with E-state index in [9.17, 15) is 14.4 Å². The van der Waals surface area contributed by atoms with Crippen molar-refractivity contribution in [3.63, 3.8) is 0 Å². The van der Waals surface area contributed by atoms with Gasteiger partial charge in [0.05, 0.1) is 23.3 Å². The second kappa shape index (κ2) is 7.30. The summed E-state index contributed by atoms with van der Waals surface area (Å²) in [5, 5.41) is 15.0. The first-order valence-electron chi connectivity index (χ1n) is 7.06. The SMILES string of the molecule is N#CC1(NC(=O)CNc2c(F)cc(Br)cc2Cl)CCCCC1. The molecule has 0 aliphatic heterocycles. The first kappa shape index (κ1) is 17.0. The van der Waals surface area contributed by atoms with Crippen LogP contribution in [0.15, 0.2) is 16.6 Å². The second-order valence-corrected chi connectivity index (χ2v) is 6.72. The Labute approximate surface area is 142 Å². The quantitative estimate of drug-likeness (QED) is 0.819. The fraction of sp³-hybridized carbons (Fsp3) is 0.467. The van der Waals surface area contributed by atoms with Gasteiger partial charge in [0.25, 0.3) is 0 Å². The number of amides is 1. The first-order chi connectivity index (χ1) is 10.5. The lowest BCUT2D eigenvalue weighted by Gasteiger charge is -2.31. The summed E-state index contributed by atoms with van der Waals surface area (Å²) < 4.78 is 14.3. The van der Waals surface area contributed by atoms with E-state index >= 15 is 0 Å². The Hall–Kier alpha value is -1.32. The van der Waals surface area contributed by atoms with Gasteiger partial charge in [0.2, 0.25) is 5.91 Å². The number of carbonyl (C=O) groups is 1. The lowest BCUT2D eigenvalue weighted by atomic mass is 9.83. The molecule has 1 aromatic rings. The summed E-state index contributed by atoms with van der Waals surface area (Å²) >= 11 is 9.09. The van der Waals surface area contributed by atoms with E-state index in [1.54, 1.807) is 6.07 Å². The topological polar surface area (TPSA) is 64.9 Å². The Bertz CT molecular complexity index is 588. The van der Waals surface area contributed by atoms with E-state index in [0.717, 1.165) is 19.3 Å². The monoisotopic (exact) mass is 387 g/mol. The zero-order valence-electron chi connectivity index (χ0n) is 11.9. The highest BCUT2D eigenvalue weighted by Gasteiger charge is 2.33. The van der Waals surface area contributed by atoms with Gasteiger partial charge < -0.3 is 10.6 Å². The van der Waals surface area contributed by atoms with Gasteiger partial charge in [-0.05, 0) is 25.0 Å². The molecule has 4 nitrogen and oxygen atoms in total. The lowest BCUT2D eigenvalue weighted by molar-refractivity contribution is -0.121. The van der Waals surface area contributed by atoms with Crippen LogP contribution in [0.5, 0.6) is 0 Å². The minimum Gasteiger partial charge on any atom is -0.373 e. The smallest absolute Gasteiger partial charge is 0.240 e. The average molecular weight is 389 g/mol. The lowest BCUT2D eigenvalue weighted by Crippen LogP contribution is -2.50. The van der Waals surface area contributed by atoms with Gasteiger partial charge in [0.15, 0.2) is 0 Å². The molecule has 1 aliphatic carbocycles. The van der Waals surface area contributed by atoms with Crippen molar-refractivity contribution in [2.75, 3.05) is 11.9 Å². The molecule has 0 radical (unpaired) electrons. The van der Waals surface area contributed by atoms with Gasteiger partial charge in [-0.2, -0.15) is 5.26 Å². The number of hydrogen-bond acceptors (Lipinski definition) is 3. The number of anilines is 1. The van der Waals surface area contributed by atoms with Crippen LogP contribution in [-0.4, -0.2) is 18.0 Å². The summed E-state index contributed by atoms with van der Waals surface area (Å²) in [4.78, 5) is 12.0. The molecular weight excluding hydrogens is 373 g/mol. The van der Waals surface area contributed by atoms with Crippen molar-refractivity contribution >= 4 is 39.1 Å². The number of nitriles is 1. The van der Waals surface area contributed by atoms with Crippen molar-refractivity contribution in [3.05, 3.63) is 27.4 Å². The van der Waals surface area contributed by atoms with Gasteiger partial charge in [-0.15, -0.1) is 0 Å². The van der Waals surface area contributed by atoms with E-state index in [2.05, 4.69) is 32.6 Å². The standard InChI is InChI=1S/C15H16BrClFN3O/c16-10-6-11(17)14(12(18)7-10)20-8-13(22)21-15(9-19)4-2-1-3-5-15/h6-7,20H,1-5,8H2,(H,21,22). The predicted molar refractivity (Wildman–Crippen MR) is 87.2 cm³/mol. The van der Waals surface area contributed by atoms with Crippen LogP contribution in [0, 0.1) is 17.1 Å². The van der Waals surface area contributed by atoms with Crippen molar-refractivity contribution in [1.29, 1.82) is 5.26 Å². The van der Waals surface area contributed by atoms with Gasteiger partial charge in [-0.1, -0.05) is 46.8 Å². The molecule has 1 amide bonds. The molecule has 0 atom stereocenters. The van der Waals surface area contributed by atoms with Crippen LogP contribution in [0.25, 0.3) is 0 Å². The molecule has 1 aliphatic rings. The fourth-order valence-corrected chi connectivity index (χ4v) is 3.45. The number of hydrogen-bond donors (Lipinski definition) is 2. The molecule has 1 aromatic carbocycles. The van der Waals surface area contributed by atoms with E-state index in [4.69, 9.17) is 11.6 Å². The molecule has 7 heteroatoms. The molecule has 0 aromatic heterocycles. The summed E-state index contributed by atoms with van der Waals surface area (Å²) in [6.45, 7) is -0.137. The molecule has 1 saturated carbocycles. The van der Waals surface area contributed by atoms with Crippen LogP contribution in [-0.2, 0) is 4.79 Å². The zero-order valence-corrected chi connectivity index (χ0v) is 14.2. The minimum atomic E-state index is -0.793. The molecule has 1 fully saturated rings. The van der Waals surface area contributed by atoms with E-state index in [0.29, 0.717) is 17.3 Å². The maximum atomic E-state index is 13.8. The van der Waals surface area contributed by atoms with E-state index < -0.39 is 11.4 Å². The second-order valence-electron chi connectivity index (χ2n) is 5.40. The molecule has 0 unspecified atom stereocenters. The van der Waals surface area contributed by atoms with Crippen LogP contribution in [0.4, 0.5) is 10.1 Å². The summed E-state index contributed by atoms with van der Waals surface area (Å²) in [7, 11) is 0. The van der Waals surface area contributed by atoms with Crippen LogP contribution >= 0.6 is 27.5 Å². The molecule has 0 spiro atoms. The van der Waals surface area contributed by atoms with E-state index in [1.807, 2.05) is 0 Å². The average Bonchev–Trinajstić information content (AvgIpc) is 2.47. The normalized spacial score (nSPS) is 16.6. The number of carbonyl (C=O) groups excluding carboxylic acids is 1. The van der Waals surface area contributed by atoms with Gasteiger partial charge in [0, 0.05) is 4.47 Å². The van der Waals surface area contributed by atoms with Gasteiger partial charge in [-0.25, -0.2) is 4.39 Å². The number of nitrogens with one attached hydrogen (secondary N) is 2. The third kappa shape index (κ3) is 4.11. The number of halogens is 3. The van der Waals surface area contributed by atoms with Crippen molar-refractivity contribution in [2.24, 2.45) is 0 Å². The molecular formula is C15H16BrClFN3O. The number of rotatable bonds is 4.